The van der Waals surface area contributed by atoms with Crippen LogP contribution in [0.5, 0.6) is 0 Å². The highest BCUT2D eigenvalue weighted by Crippen LogP contribution is 1.99. The van der Waals surface area contributed by atoms with Gasteiger partial charge in [-0.3, -0.25) is 0 Å². The summed E-state index contributed by atoms with van der Waals surface area (Å²) in [6.45, 7) is 11.9. The topological polar surface area (TPSA) is 30.5 Å². The molecule has 0 atom stereocenters. The fourth-order valence-corrected chi connectivity index (χ4v) is 1.56. The summed E-state index contributed by atoms with van der Waals surface area (Å²) < 4.78 is 10.6. The van der Waals surface area contributed by atoms with Crippen LogP contribution in [0, 0.1) is 5.92 Å². The number of hydrogen-bond donors (Lipinski definition) is 1. The van der Waals surface area contributed by atoms with Gasteiger partial charge in [0.05, 0.1) is 13.2 Å². The lowest BCUT2D eigenvalue weighted by Gasteiger charge is -2.07. The molecule has 0 aliphatic carbocycles. The Morgan fingerprint density at radius 1 is 0.882 bits per heavy atom. The van der Waals surface area contributed by atoms with Crippen LogP contribution in [-0.4, -0.2) is 39.5 Å². The summed E-state index contributed by atoms with van der Waals surface area (Å²) in [5.74, 6) is 0.758. The molecule has 0 spiro atoms. The highest BCUT2D eigenvalue weighted by Gasteiger charge is 1.94. The quantitative estimate of drug-likeness (QED) is 0.506. The molecule has 0 rings (SSSR count). The molecule has 0 aromatic rings. The summed E-state index contributed by atoms with van der Waals surface area (Å²) in [6, 6.07) is 0. The Hall–Kier alpha value is -0.120. The van der Waals surface area contributed by atoms with Crippen LogP contribution in [0.25, 0.3) is 0 Å². The second-order valence-corrected chi connectivity index (χ2v) is 4.82. The number of ether oxygens (including phenoxy) is 2. The van der Waals surface area contributed by atoms with E-state index < -0.39 is 0 Å². The summed E-state index contributed by atoms with van der Waals surface area (Å²) in [5, 5.41) is 3.46. The molecule has 0 saturated heterocycles. The van der Waals surface area contributed by atoms with Gasteiger partial charge in [-0.2, -0.15) is 0 Å². The first-order valence-electron chi connectivity index (χ1n) is 7.13. The minimum Gasteiger partial charge on any atom is -0.379 e. The number of nitrogens with one attached hydrogen (secondary N) is 1. The lowest BCUT2D eigenvalue weighted by atomic mass is 10.2. The highest BCUT2D eigenvalue weighted by atomic mass is 16.5. The minimum absolute atomic E-state index is 0.732. The molecule has 0 aromatic heterocycles. The van der Waals surface area contributed by atoms with Crippen molar-refractivity contribution in [3.8, 4) is 0 Å². The van der Waals surface area contributed by atoms with Gasteiger partial charge in [-0.1, -0.05) is 26.7 Å². The Bertz CT molecular complexity index is 140. The number of rotatable bonds is 13. The Kier molecular flexibility index (Phi) is 13.8. The lowest BCUT2D eigenvalue weighted by Crippen LogP contribution is -2.20. The Balaban J connectivity index is 2.89. The maximum absolute atomic E-state index is 5.45. The zero-order valence-electron chi connectivity index (χ0n) is 12.0. The van der Waals surface area contributed by atoms with Crippen molar-refractivity contribution in [2.24, 2.45) is 5.92 Å². The van der Waals surface area contributed by atoms with Crippen molar-refractivity contribution >= 4 is 0 Å². The summed E-state index contributed by atoms with van der Waals surface area (Å²) in [5.41, 5.74) is 0. The van der Waals surface area contributed by atoms with Gasteiger partial charge in [-0.05, 0) is 38.8 Å². The van der Waals surface area contributed by atoms with Crippen LogP contribution in [0.15, 0.2) is 0 Å². The van der Waals surface area contributed by atoms with Crippen molar-refractivity contribution < 1.29 is 9.47 Å². The molecule has 0 amide bonds. The van der Waals surface area contributed by atoms with E-state index in [9.17, 15) is 0 Å². The van der Waals surface area contributed by atoms with Crippen LogP contribution >= 0.6 is 0 Å². The summed E-state index contributed by atoms with van der Waals surface area (Å²) in [4.78, 5) is 0. The van der Waals surface area contributed by atoms with Gasteiger partial charge in [-0.15, -0.1) is 0 Å². The fraction of sp³-hybridized carbons (Fsp3) is 1.00. The van der Waals surface area contributed by atoms with Gasteiger partial charge in [0.1, 0.15) is 0 Å². The van der Waals surface area contributed by atoms with Crippen molar-refractivity contribution in [2.45, 2.75) is 46.5 Å². The van der Waals surface area contributed by atoms with E-state index >= 15 is 0 Å². The molecule has 0 unspecified atom stereocenters. The lowest BCUT2D eigenvalue weighted by molar-refractivity contribution is 0.0513. The largest absolute Gasteiger partial charge is 0.379 e. The Morgan fingerprint density at radius 2 is 1.59 bits per heavy atom. The van der Waals surface area contributed by atoms with Gasteiger partial charge in [0.25, 0.3) is 0 Å². The van der Waals surface area contributed by atoms with E-state index in [1.807, 2.05) is 6.92 Å². The summed E-state index contributed by atoms with van der Waals surface area (Å²) in [6.07, 6.45) is 5.04. The predicted molar refractivity (Wildman–Crippen MR) is 73.5 cm³/mol. The molecule has 3 nitrogen and oxygen atoms in total. The van der Waals surface area contributed by atoms with Crippen LogP contribution < -0.4 is 5.32 Å². The average Bonchev–Trinajstić information content (AvgIpc) is 2.30. The molecular formula is C14H31NO2. The van der Waals surface area contributed by atoms with Gasteiger partial charge in [0.15, 0.2) is 0 Å². The predicted octanol–water partition coefficient (Wildman–Crippen LogP) is 2.85. The molecule has 0 saturated carbocycles. The normalized spacial score (nSPS) is 11.3. The third-order valence-corrected chi connectivity index (χ3v) is 2.52. The molecule has 0 aliphatic heterocycles. The molecule has 1 N–H and O–H groups in total. The van der Waals surface area contributed by atoms with Crippen molar-refractivity contribution in [2.75, 3.05) is 39.5 Å². The van der Waals surface area contributed by atoms with E-state index in [0.29, 0.717) is 0 Å². The summed E-state index contributed by atoms with van der Waals surface area (Å²) >= 11 is 0. The second kappa shape index (κ2) is 13.9. The van der Waals surface area contributed by atoms with E-state index in [1.165, 1.54) is 25.7 Å². The Labute approximate surface area is 107 Å². The molecule has 3 heteroatoms. The van der Waals surface area contributed by atoms with E-state index in [4.69, 9.17) is 9.47 Å². The maximum atomic E-state index is 5.45. The number of hydrogen-bond acceptors (Lipinski definition) is 3. The fourth-order valence-electron chi connectivity index (χ4n) is 1.56. The van der Waals surface area contributed by atoms with E-state index in [-0.39, 0.29) is 0 Å². The third-order valence-electron chi connectivity index (χ3n) is 2.52. The number of unbranched alkanes of at least 4 members (excludes halogenated alkanes) is 3. The highest BCUT2D eigenvalue weighted by molar-refractivity contribution is 4.52. The second-order valence-electron chi connectivity index (χ2n) is 4.82. The van der Waals surface area contributed by atoms with Crippen LogP contribution in [0.3, 0.4) is 0 Å². The molecule has 0 aliphatic rings. The monoisotopic (exact) mass is 245 g/mol. The van der Waals surface area contributed by atoms with Gasteiger partial charge in [-0.25, -0.2) is 0 Å². The van der Waals surface area contributed by atoms with Gasteiger partial charge >= 0.3 is 0 Å². The van der Waals surface area contributed by atoms with Crippen LogP contribution in [0.4, 0.5) is 0 Å². The van der Waals surface area contributed by atoms with Gasteiger partial charge in [0.2, 0.25) is 0 Å². The molecule has 0 radical (unpaired) electrons. The molecule has 0 fully saturated rings. The zero-order valence-corrected chi connectivity index (χ0v) is 12.0. The summed E-state index contributed by atoms with van der Waals surface area (Å²) in [7, 11) is 0. The first kappa shape index (κ1) is 16.9. The molecule has 0 bridgehead atoms. The Morgan fingerprint density at radius 3 is 2.29 bits per heavy atom. The maximum Gasteiger partial charge on any atom is 0.0700 e. The van der Waals surface area contributed by atoms with Crippen LogP contribution in [-0.2, 0) is 9.47 Å². The van der Waals surface area contributed by atoms with Crippen LogP contribution in [0.2, 0.25) is 0 Å². The third kappa shape index (κ3) is 15.9. The van der Waals surface area contributed by atoms with E-state index in [0.717, 1.165) is 45.4 Å². The van der Waals surface area contributed by atoms with Crippen molar-refractivity contribution in [1.29, 1.82) is 0 Å². The van der Waals surface area contributed by atoms with Gasteiger partial charge in [0, 0.05) is 13.2 Å². The smallest absolute Gasteiger partial charge is 0.0700 e. The molecular weight excluding hydrogens is 214 g/mol. The molecule has 17 heavy (non-hydrogen) atoms. The van der Waals surface area contributed by atoms with Crippen molar-refractivity contribution in [3.05, 3.63) is 0 Å². The average molecular weight is 245 g/mol. The molecule has 0 aromatic carbocycles. The molecule has 104 valence electrons. The van der Waals surface area contributed by atoms with E-state index in [2.05, 4.69) is 19.2 Å². The first-order chi connectivity index (χ1) is 8.27. The van der Waals surface area contributed by atoms with Crippen molar-refractivity contribution in [1.82, 2.24) is 5.32 Å². The molecule has 0 heterocycles. The standard InChI is InChI=1S/C14H31NO2/c1-4-16-11-12-17-10-8-6-5-7-9-15-13-14(2)3/h14-15H,4-13H2,1-3H3. The van der Waals surface area contributed by atoms with Crippen molar-refractivity contribution in [3.63, 3.8) is 0 Å². The zero-order chi connectivity index (χ0) is 12.8. The van der Waals surface area contributed by atoms with Crippen LogP contribution in [0.1, 0.15) is 46.5 Å². The first-order valence-corrected chi connectivity index (χ1v) is 7.13. The minimum atomic E-state index is 0.732. The van der Waals surface area contributed by atoms with E-state index in [1.54, 1.807) is 0 Å². The van der Waals surface area contributed by atoms with Gasteiger partial charge < -0.3 is 14.8 Å². The SMILES string of the molecule is CCOCCOCCCCCCNCC(C)C.